The first-order valence-electron chi connectivity index (χ1n) is 5.93. The van der Waals surface area contributed by atoms with E-state index in [1.165, 1.54) is 26.1 Å². The molecule has 1 aliphatic rings. The van der Waals surface area contributed by atoms with Gasteiger partial charge in [-0.3, -0.25) is 0 Å². The van der Waals surface area contributed by atoms with E-state index < -0.39 is 0 Å². The van der Waals surface area contributed by atoms with E-state index in [2.05, 4.69) is 30.1 Å². The van der Waals surface area contributed by atoms with Gasteiger partial charge in [-0.2, -0.15) is 0 Å². The van der Waals surface area contributed by atoms with Gasteiger partial charge >= 0.3 is 0 Å². The Balaban J connectivity index is 2.31. The Labute approximate surface area is 105 Å². The first-order chi connectivity index (χ1) is 8.31. The molecule has 2 heterocycles. The molecular formula is C14H16N2S. The van der Waals surface area contributed by atoms with E-state index in [4.69, 9.17) is 5.73 Å². The predicted molar refractivity (Wildman–Crippen MR) is 74.4 cm³/mol. The zero-order chi connectivity index (χ0) is 11.8. The van der Waals surface area contributed by atoms with Crippen LogP contribution in [0.25, 0.3) is 10.1 Å². The van der Waals surface area contributed by atoms with Gasteiger partial charge in [0.15, 0.2) is 0 Å². The zero-order valence-corrected chi connectivity index (χ0v) is 10.5. The minimum atomic E-state index is -0.0462. The van der Waals surface area contributed by atoms with Crippen LogP contribution in [0.1, 0.15) is 22.0 Å². The number of rotatable bonds is 2. The number of nitrogens with two attached hydrogens (primary N) is 1. The molecule has 2 aromatic rings. The van der Waals surface area contributed by atoms with E-state index in [0.29, 0.717) is 0 Å². The summed E-state index contributed by atoms with van der Waals surface area (Å²) >= 11 is 1.81. The largest absolute Gasteiger partial charge is 0.320 e. The van der Waals surface area contributed by atoms with Crippen molar-refractivity contribution in [3.63, 3.8) is 0 Å². The van der Waals surface area contributed by atoms with Crippen molar-refractivity contribution in [3.8, 4) is 0 Å². The summed E-state index contributed by atoms with van der Waals surface area (Å²) in [6.07, 6.45) is 2.93. The summed E-state index contributed by atoms with van der Waals surface area (Å²) in [6.45, 7) is 5.78. The highest BCUT2D eigenvalue weighted by Gasteiger charge is 2.19. The molecule has 1 aromatic carbocycles. The number of nitrogens with one attached hydrogen (secondary N) is 1. The van der Waals surface area contributed by atoms with Crippen molar-refractivity contribution in [2.75, 3.05) is 6.54 Å². The third kappa shape index (κ3) is 1.71. The molecule has 1 atom stereocenters. The molecule has 17 heavy (non-hydrogen) atoms. The Morgan fingerprint density at radius 3 is 3.18 bits per heavy atom. The van der Waals surface area contributed by atoms with Crippen LogP contribution in [0.3, 0.4) is 0 Å². The molecule has 88 valence electrons. The van der Waals surface area contributed by atoms with Gasteiger partial charge in [0, 0.05) is 21.5 Å². The van der Waals surface area contributed by atoms with Gasteiger partial charge in [-0.1, -0.05) is 18.2 Å². The second-order valence-electron chi connectivity index (χ2n) is 4.42. The van der Waals surface area contributed by atoms with Crippen LogP contribution in [0.5, 0.6) is 0 Å². The third-order valence-corrected chi connectivity index (χ3v) is 4.66. The quantitative estimate of drug-likeness (QED) is 0.797. The van der Waals surface area contributed by atoms with Crippen LogP contribution in [-0.4, -0.2) is 6.54 Å². The fourth-order valence-electron chi connectivity index (χ4n) is 2.50. The second kappa shape index (κ2) is 4.26. The molecule has 2 nitrogen and oxygen atoms in total. The number of hydrogen-bond acceptors (Lipinski definition) is 3. The minimum absolute atomic E-state index is 0.0462. The monoisotopic (exact) mass is 244 g/mol. The molecule has 0 spiro atoms. The fraction of sp³-hybridized carbons (Fsp3) is 0.286. The average Bonchev–Trinajstić information content (AvgIpc) is 2.58. The molecule has 0 fully saturated rings. The van der Waals surface area contributed by atoms with E-state index in [9.17, 15) is 0 Å². The highest BCUT2D eigenvalue weighted by atomic mass is 32.1. The molecule has 0 bridgehead atoms. The third-order valence-electron chi connectivity index (χ3n) is 3.36. The predicted octanol–water partition coefficient (Wildman–Crippen LogP) is 2.73. The first-order valence-corrected chi connectivity index (χ1v) is 6.75. The van der Waals surface area contributed by atoms with E-state index in [1.807, 2.05) is 17.4 Å². The molecule has 0 aliphatic carbocycles. The van der Waals surface area contributed by atoms with Crippen molar-refractivity contribution < 1.29 is 0 Å². The lowest BCUT2D eigenvalue weighted by molar-refractivity contribution is 0.697. The van der Waals surface area contributed by atoms with Crippen molar-refractivity contribution in [2.24, 2.45) is 5.73 Å². The molecule has 3 rings (SSSR count). The van der Waals surface area contributed by atoms with Gasteiger partial charge in [-0.05, 0) is 30.2 Å². The highest BCUT2D eigenvalue weighted by Crippen LogP contribution is 2.37. The van der Waals surface area contributed by atoms with Crippen LogP contribution in [0, 0.1) is 0 Å². The summed E-state index contributed by atoms with van der Waals surface area (Å²) in [5.74, 6) is 0. The van der Waals surface area contributed by atoms with Crippen molar-refractivity contribution in [1.82, 2.24) is 5.32 Å². The molecule has 0 saturated carbocycles. The van der Waals surface area contributed by atoms with Crippen LogP contribution in [0.15, 0.2) is 30.9 Å². The summed E-state index contributed by atoms with van der Waals surface area (Å²) in [5.41, 5.74) is 8.95. The van der Waals surface area contributed by atoms with Crippen LogP contribution >= 0.6 is 11.3 Å². The van der Waals surface area contributed by atoms with E-state index in [1.54, 1.807) is 0 Å². The molecule has 0 amide bonds. The molecule has 1 aromatic heterocycles. The maximum Gasteiger partial charge on any atom is 0.0576 e. The van der Waals surface area contributed by atoms with Crippen LogP contribution in [-0.2, 0) is 13.0 Å². The van der Waals surface area contributed by atoms with Gasteiger partial charge in [0.1, 0.15) is 0 Å². The van der Waals surface area contributed by atoms with Gasteiger partial charge in [-0.15, -0.1) is 17.9 Å². The highest BCUT2D eigenvalue weighted by molar-refractivity contribution is 7.19. The van der Waals surface area contributed by atoms with Gasteiger partial charge < -0.3 is 11.1 Å². The Hall–Kier alpha value is -1.16. The van der Waals surface area contributed by atoms with Crippen LogP contribution < -0.4 is 11.1 Å². The molecule has 3 N–H and O–H groups in total. The Kier molecular flexibility index (Phi) is 2.74. The summed E-state index contributed by atoms with van der Waals surface area (Å²) in [5, 5.41) is 4.90. The lowest BCUT2D eigenvalue weighted by Gasteiger charge is -2.07. The minimum Gasteiger partial charge on any atom is -0.320 e. The number of thiophene rings is 1. The fourth-order valence-corrected chi connectivity index (χ4v) is 3.77. The van der Waals surface area contributed by atoms with Gasteiger partial charge in [0.05, 0.1) is 6.04 Å². The average molecular weight is 244 g/mol. The molecule has 1 aliphatic heterocycles. The van der Waals surface area contributed by atoms with E-state index in [0.717, 1.165) is 19.5 Å². The Morgan fingerprint density at radius 2 is 2.35 bits per heavy atom. The van der Waals surface area contributed by atoms with Gasteiger partial charge in [-0.25, -0.2) is 0 Å². The van der Waals surface area contributed by atoms with Crippen molar-refractivity contribution in [1.29, 1.82) is 0 Å². The first kappa shape index (κ1) is 11.0. The normalized spacial score (nSPS) is 16.8. The summed E-state index contributed by atoms with van der Waals surface area (Å²) in [7, 11) is 0. The number of hydrogen-bond donors (Lipinski definition) is 2. The summed E-state index contributed by atoms with van der Waals surface area (Å²) in [6, 6.07) is 6.52. The lowest BCUT2D eigenvalue weighted by atomic mass is 10.0. The topological polar surface area (TPSA) is 38.0 Å². The van der Waals surface area contributed by atoms with Crippen LogP contribution in [0.2, 0.25) is 0 Å². The van der Waals surface area contributed by atoms with Gasteiger partial charge in [0.25, 0.3) is 0 Å². The van der Waals surface area contributed by atoms with Crippen LogP contribution in [0.4, 0.5) is 0 Å². The van der Waals surface area contributed by atoms with E-state index >= 15 is 0 Å². The SMILES string of the molecule is C=CC(N)c1sc2cccc3c2c1CNCC3. The molecule has 1 unspecified atom stereocenters. The van der Waals surface area contributed by atoms with Crippen molar-refractivity contribution in [3.05, 3.63) is 46.9 Å². The maximum absolute atomic E-state index is 6.12. The van der Waals surface area contributed by atoms with Gasteiger partial charge in [0.2, 0.25) is 0 Å². The standard InChI is InChI=1S/C14H16N2S/c1-2-11(15)14-10-8-16-7-6-9-4-3-5-12(17-14)13(9)10/h2-5,11,16H,1,6-8,15H2. The maximum atomic E-state index is 6.12. The van der Waals surface area contributed by atoms with Crippen molar-refractivity contribution >= 4 is 21.4 Å². The summed E-state index contributed by atoms with van der Waals surface area (Å²) in [4.78, 5) is 1.26. The second-order valence-corrected chi connectivity index (χ2v) is 5.51. The molecule has 3 heteroatoms. The molecule has 0 saturated heterocycles. The van der Waals surface area contributed by atoms with Crippen molar-refractivity contribution in [2.45, 2.75) is 19.0 Å². The Morgan fingerprint density at radius 1 is 1.47 bits per heavy atom. The molecular weight excluding hydrogens is 228 g/mol. The summed E-state index contributed by atoms with van der Waals surface area (Å²) < 4.78 is 1.36. The number of benzene rings is 1. The smallest absolute Gasteiger partial charge is 0.0576 e. The van der Waals surface area contributed by atoms with E-state index in [-0.39, 0.29) is 6.04 Å². The molecule has 0 radical (unpaired) electrons. The lowest BCUT2D eigenvalue weighted by Crippen LogP contribution is -2.16. The Bertz CT molecular complexity index is 571. The zero-order valence-electron chi connectivity index (χ0n) is 9.70.